The minimum atomic E-state index is 0. The van der Waals surface area contributed by atoms with Gasteiger partial charge in [0.2, 0.25) is 0 Å². The summed E-state index contributed by atoms with van der Waals surface area (Å²) in [5, 5.41) is 0. The van der Waals surface area contributed by atoms with E-state index in [4.69, 9.17) is 5.73 Å². The Morgan fingerprint density at radius 2 is 1.40 bits per heavy atom. The van der Waals surface area contributed by atoms with Gasteiger partial charge in [0.1, 0.15) is 0 Å². The van der Waals surface area contributed by atoms with Gasteiger partial charge in [-0.05, 0) is 0 Å². The molecule has 0 bridgehead atoms. The quantitative estimate of drug-likeness (QED) is 0.498. The Kier molecular flexibility index (Phi) is 8.99. The molecule has 0 rings (SSSR count). The molecule has 0 heterocycles. The zero-order chi connectivity index (χ0) is 3.58. The summed E-state index contributed by atoms with van der Waals surface area (Å²) in [5.41, 5.74) is 6.58. The molecule has 30 valence electrons. The molecule has 0 amide bonds. The molecule has 0 aromatic heterocycles. The third-order valence-electron chi connectivity index (χ3n) is 0. The van der Waals surface area contributed by atoms with Gasteiger partial charge in [-0.25, -0.2) is 0 Å². The first kappa shape index (κ1) is 9.28. The summed E-state index contributed by atoms with van der Waals surface area (Å²) < 4.78 is 0. The molecule has 0 saturated heterocycles. The van der Waals surface area contributed by atoms with Crippen LogP contribution in [0.4, 0.5) is 0 Å². The van der Waals surface area contributed by atoms with E-state index in [1.54, 1.807) is 0 Å². The van der Waals surface area contributed by atoms with Gasteiger partial charge in [-0.15, -0.1) is 6.04 Å². The van der Waals surface area contributed by atoms with Gasteiger partial charge in [-0.1, -0.05) is 13.8 Å². The summed E-state index contributed by atoms with van der Waals surface area (Å²) in [6.07, 6.45) is 0. The minimum absolute atomic E-state index is 0. The fraction of sp³-hybridized carbons (Fsp3) is 1.00. The van der Waals surface area contributed by atoms with E-state index < -0.39 is 0 Å². The predicted molar refractivity (Wildman–Crippen MR) is 19.5 cm³/mol. The number of hydrogen-bond donors (Lipinski definition) is 0. The number of rotatable bonds is 0. The van der Waals surface area contributed by atoms with Gasteiger partial charge in [0.25, 0.3) is 0 Å². The molecule has 0 fully saturated rings. The van der Waals surface area contributed by atoms with Gasteiger partial charge in [0.05, 0.1) is 0 Å². The first-order valence-electron chi connectivity index (χ1n) is 1.44. The van der Waals surface area contributed by atoms with Crippen molar-refractivity contribution in [1.82, 2.24) is 0 Å². The van der Waals surface area contributed by atoms with E-state index in [0.717, 1.165) is 0 Å². The van der Waals surface area contributed by atoms with E-state index in [-0.39, 0.29) is 32.2 Å². The van der Waals surface area contributed by atoms with Crippen molar-refractivity contribution in [1.29, 1.82) is 0 Å². The molecular weight excluding hydrogens is 141 g/mol. The first-order chi connectivity index (χ1) is 1.73. The normalized spacial score (nSPS) is 7.20. The molecule has 0 aliphatic rings. The van der Waals surface area contributed by atoms with Crippen LogP contribution in [0.2, 0.25) is 0 Å². The molecule has 2 heteroatoms. The second kappa shape index (κ2) is 4.84. The van der Waals surface area contributed by atoms with E-state index in [9.17, 15) is 0 Å². The molecule has 0 aromatic rings. The van der Waals surface area contributed by atoms with Crippen molar-refractivity contribution in [3.05, 3.63) is 5.73 Å². The summed E-state index contributed by atoms with van der Waals surface area (Å²) in [7, 11) is 0. The van der Waals surface area contributed by atoms with Crippen LogP contribution in [0.3, 0.4) is 0 Å². The van der Waals surface area contributed by atoms with Crippen molar-refractivity contribution >= 4 is 0 Å². The van der Waals surface area contributed by atoms with E-state index in [0.29, 0.717) is 0 Å². The number of hydrogen-bond acceptors (Lipinski definition) is 0. The van der Waals surface area contributed by atoms with Crippen molar-refractivity contribution in [3.8, 4) is 0 Å². The Hall–Kier alpha value is 0.843. The third-order valence-corrected chi connectivity index (χ3v) is 0. The molecule has 1 N–H and O–H groups in total. The molecule has 0 atom stereocenters. The Morgan fingerprint density at radius 3 is 1.40 bits per heavy atom. The third kappa shape index (κ3) is 55.1. The summed E-state index contributed by atoms with van der Waals surface area (Å²) >= 11 is 0. The van der Waals surface area contributed by atoms with Gasteiger partial charge in [0, 0.05) is 26.2 Å². The van der Waals surface area contributed by atoms with Crippen LogP contribution in [0.25, 0.3) is 5.73 Å². The zero-order valence-electron chi connectivity index (χ0n) is 3.58. The van der Waals surface area contributed by atoms with Crippen molar-refractivity contribution < 1.29 is 26.2 Å². The summed E-state index contributed by atoms with van der Waals surface area (Å²) in [4.78, 5) is 0. The Balaban J connectivity index is 0. The molecule has 0 spiro atoms. The number of nitrogens with one attached hydrogen (secondary N) is 1. The maximum Gasteiger partial charge on any atom is 0 e. The molecule has 0 saturated carbocycles. The van der Waals surface area contributed by atoms with Crippen LogP contribution < -0.4 is 0 Å². The van der Waals surface area contributed by atoms with Crippen LogP contribution in [0.15, 0.2) is 0 Å². The van der Waals surface area contributed by atoms with Crippen molar-refractivity contribution in [2.24, 2.45) is 0 Å². The zero-order valence-corrected chi connectivity index (χ0v) is 6.04. The second-order valence-electron chi connectivity index (χ2n) is 1.15. The summed E-state index contributed by atoms with van der Waals surface area (Å²) in [5.74, 6) is 0. The Labute approximate surface area is 52.1 Å². The van der Waals surface area contributed by atoms with Gasteiger partial charge in [0.15, 0.2) is 0 Å². The molecule has 1 nitrogen and oxygen atoms in total. The Bertz CT molecular complexity index is 11.6. The van der Waals surface area contributed by atoms with Gasteiger partial charge in [-0.2, -0.15) is 0 Å². The fourth-order valence-electron chi connectivity index (χ4n) is 0. The molecule has 0 aliphatic heterocycles. The van der Waals surface area contributed by atoms with E-state index >= 15 is 0 Å². The van der Waals surface area contributed by atoms with Crippen molar-refractivity contribution in [2.75, 3.05) is 0 Å². The minimum Gasteiger partial charge on any atom is -0.675 e. The maximum absolute atomic E-state index is 6.58. The molecule has 5 heavy (non-hydrogen) atoms. The average molecular weight is 149 g/mol. The van der Waals surface area contributed by atoms with Crippen molar-refractivity contribution in [2.45, 2.75) is 19.9 Å². The van der Waals surface area contributed by atoms with Gasteiger partial charge in [-0.3, -0.25) is 0 Å². The van der Waals surface area contributed by atoms with Gasteiger partial charge < -0.3 is 5.73 Å². The molecular formula is C3H8NZr-. The van der Waals surface area contributed by atoms with Crippen LogP contribution in [-0.4, -0.2) is 6.04 Å². The van der Waals surface area contributed by atoms with Crippen LogP contribution in [0.5, 0.6) is 0 Å². The maximum atomic E-state index is 6.58. The average Bonchev–Trinajstić information content (AvgIpc) is 0.811. The SMILES string of the molecule is CC(C)[NH-].[Zr]. The summed E-state index contributed by atoms with van der Waals surface area (Å²) in [6, 6.07) is 0.0833. The fourth-order valence-corrected chi connectivity index (χ4v) is 0. The predicted octanol–water partition coefficient (Wildman–Crippen LogP) is 1.44. The topological polar surface area (TPSA) is 23.8 Å². The van der Waals surface area contributed by atoms with Crippen LogP contribution in [-0.2, 0) is 26.2 Å². The van der Waals surface area contributed by atoms with Crippen LogP contribution in [0.1, 0.15) is 13.8 Å². The molecule has 0 aliphatic carbocycles. The van der Waals surface area contributed by atoms with Crippen LogP contribution >= 0.6 is 0 Å². The standard InChI is InChI=1S/C3H8N.Zr/c1-3(2)4;/h3-4H,1-2H3;/q-1;. The molecule has 0 unspecified atom stereocenters. The summed E-state index contributed by atoms with van der Waals surface area (Å²) in [6.45, 7) is 3.67. The van der Waals surface area contributed by atoms with Gasteiger partial charge >= 0.3 is 0 Å². The molecule has 0 aromatic carbocycles. The van der Waals surface area contributed by atoms with Crippen molar-refractivity contribution in [3.63, 3.8) is 0 Å². The second-order valence-corrected chi connectivity index (χ2v) is 1.15. The van der Waals surface area contributed by atoms with E-state index in [1.165, 1.54) is 0 Å². The van der Waals surface area contributed by atoms with Crippen LogP contribution in [0, 0.1) is 0 Å². The largest absolute Gasteiger partial charge is 0.675 e. The smallest absolute Gasteiger partial charge is 0 e. The van der Waals surface area contributed by atoms with E-state index in [1.807, 2.05) is 13.8 Å². The monoisotopic (exact) mass is 148 g/mol. The Morgan fingerprint density at radius 1 is 1.40 bits per heavy atom. The van der Waals surface area contributed by atoms with E-state index in [2.05, 4.69) is 0 Å². The first-order valence-corrected chi connectivity index (χ1v) is 1.44. The molecule has 0 radical (unpaired) electrons.